The second-order valence-corrected chi connectivity index (χ2v) is 5.17. The van der Waals surface area contributed by atoms with Gasteiger partial charge in [-0.05, 0) is 6.42 Å². The number of hydrogen-bond donors (Lipinski definition) is 1. The van der Waals surface area contributed by atoms with Gasteiger partial charge in [0.15, 0.2) is 5.82 Å². The third-order valence-corrected chi connectivity index (χ3v) is 3.72. The van der Waals surface area contributed by atoms with Gasteiger partial charge < -0.3 is 5.32 Å². The zero-order chi connectivity index (χ0) is 14.7. The molecule has 8 heteroatoms. The fourth-order valence-corrected chi connectivity index (χ4v) is 2.45. The summed E-state index contributed by atoms with van der Waals surface area (Å²) in [6, 6.07) is 1.30. The van der Waals surface area contributed by atoms with Gasteiger partial charge in [0.25, 0.3) is 5.69 Å². The van der Waals surface area contributed by atoms with Gasteiger partial charge in [0.05, 0.1) is 22.5 Å². The van der Waals surface area contributed by atoms with Crippen molar-refractivity contribution in [2.24, 2.45) is 0 Å². The lowest BCUT2D eigenvalue weighted by Gasteiger charge is -2.07. The fourth-order valence-electron chi connectivity index (χ4n) is 1.65. The van der Waals surface area contributed by atoms with E-state index in [1.54, 1.807) is 6.20 Å². The summed E-state index contributed by atoms with van der Waals surface area (Å²) in [5.74, 6) is -1.97. The fraction of sp³-hybridized carbons (Fsp3) is 0.250. The van der Waals surface area contributed by atoms with E-state index in [1.165, 1.54) is 11.3 Å². The second-order valence-electron chi connectivity index (χ2n) is 3.97. The first-order valence-electron chi connectivity index (χ1n) is 5.82. The molecule has 0 spiro atoms. The molecule has 0 aliphatic rings. The van der Waals surface area contributed by atoms with E-state index in [2.05, 4.69) is 10.3 Å². The molecule has 5 nitrogen and oxygen atoms in total. The van der Waals surface area contributed by atoms with Crippen molar-refractivity contribution in [1.82, 2.24) is 4.98 Å². The molecule has 0 unspecified atom stereocenters. The smallest absolute Gasteiger partial charge is 0.298 e. The van der Waals surface area contributed by atoms with Gasteiger partial charge in [-0.2, -0.15) is 0 Å². The summed E-state index contributed by atoms with van der Waals surface area (Å²) in [4.78, 5) is 14.9. The van der Waals surface area contributed by atoms with Crippen molar-refractivity contribution < 1.29 is 13.7 Å². The Bertz CT molecular complexity index is 646. The van der Waals surface area contributed by atoms with Crippen LogP contribution >= 0.6 is 11.3 Å². The number of benzene rings is 1. The van der Waals surface area contributed by atoms with Gasteiger partial charge >= 0.3 is 0 Å². The van der Waals surface area contributed by atoms with E-state index in [0.717, 1.165) is 16.3 Å². The van der Waals surface area contributed by atoms with E-state index in [4.69, 9.17) is 0 Å². The Labute approximate surface area is 117 Å². The minimum atomic E-state index is -0.989. The molecule has 1 heterocycles. The van der Waals surface area contributed by atoms with Crippen LogP contribution in [0.25, 0.3) is 0 Å². The third-order valence-electron chi connectivity index (χ3n) is 2.57. The average Bonchev–Trinajstić information content (AvgIpc) is 2.84. The number of aromatic nitrogens is 1. The van der Waals surface area contributed by atoms with Gasteiger partial charge in [0.1, 0.15) is 11.5 Å². The first-order valence-corrected chi connectivity index (χ1v) is 6.63. The Balaban J connectivity index is 2.22. The molecule has 0 amide bonds. The number of nitrogens with zero attached hydrogens (tertiary/aromatic N) is 2. The van der Waals surface area contributed by atoms with Gasteiger partial charge in [-0.1, -0.05) is 6.92 Å². The van der Waals surface area contributed by atoms with Crippen molar-refractivity contribution in [1.29, 1.82) is 0 Å². The lowest BCUT2D eigenvalue weighted by molar-refractivity contribution is -0.384. The molecule has 2 rings (SSSR count). The first-order chi connectivity index (χ1) is 9.51. The lowest BCUT2D eigenvalue weighted by Crippen LogP contribution is -2.04. The Kier molecular flexibility index (Phi) is 4.23. The molecule has 0 aliphatic carbocycles. The monoisotopic (exact) mass is 299 g/mol. The van der Waals surface area contributed by atoms with Crippen LogP contribution in [0, 0.1) is 21.7 Å². The molecule has 1 N–H and O–H groups in total. The van der Waals surface area contributed by atoms with Crippen molar-refractivity contribution in [3.05, 3.63) is 50.0 Å². The van der Waals surface area contributed by atoms with Crippen molar-refractivity contribution in [2.45, 2.75) is 19.9 Å². The zero-order valence-corrected chi connectivity index (χ0v) is 11.3. The zero-order valence-electron chi connectivity index (χ0n) is 10.5. The van der Waals surface area contributed by atoms with Crippen molar-refractivity contribution in [3.63, 3.8) is 0 Å². The van der Waals surface area contributed by atoms with Gasteiger partial charge in [-0.15, -0.1) is 11.3 Å². The summed E-state index contributed by atoms with van der Waals surface area (Å²) >= 11 is 1.44. The van der Waals surface area contributed by atoms with E-state index >= 15 is 0 Å². The predicted octanol–water partition coefficient (Wildman–Crippen LogP) is 3.50. The third kappa shape index (κ3) is 3.08. The molecule has 0 atom stereocenters. The second kappa shape index (κ2) is 5.91. The van der Waals surface area contributed by atoms with E-state index in [0.29, 0.717) is 12.1 Å². The van der Waals surface area contributed by atoms with Gasteiger partial charge in [-0.25, -0.2) is 13.8 Å². The van der Waals surface area contributed by atoms with E-state index in [-0.39, 0.29) is 12.2 Å². The maximum atomic E-state index is 13.6. The number of rotatable bonds is 5. The van der Waals surface area contributed by atoms with E-state index < -0.39 is 22.2 Å². The number of nitro benzene ring substituents is 1. The van der Waals surface area contributed by atoms with Crippen LogP contribution in [-0.4, -0.2) is 9.91 Å². The highest BCUT2D eigenvalue weighted by atomic mass is 32.1. The van der Waals surface area contributed by atoms with Crippen LogP contribution in [0.1, 0.15) is 16.8 Å². The first kappa shape index (κ1) is 14.3. The van der Waals surface area contributed by atoms with Crippen LogP contribution in [0.3, 0.4) is 0 Å². The summed E-state index contributed by atoms with van der Waals surface area (Å²) in [5.41, 5.74) is -0.939. The Morgan fingerprint density at radius 3 is 2.80 bits per heavy atom. The lowest BCUT2D eigenvalue weighted by atomic mass is 10.2. The van der Waals surface area contributed by atoms with Gasteiger partial charge in [0.2, 0.25) is 0 Å². The highest BCUT2D eigenvalue weighted by Crippen LogP contribution is 2.29. The molecule has 0 radical (unpaired) electrons. The number of anilines is 1. The number of nitrogens with one attached hydrogen (secondary N) is 1. The number of hydrogen-bond acceptors (Lipinski definition) is 5. The quantitative estimate of drug-likeness (QED) is 0.677. The Morgan fingerprint density at radius 1 is 1.45 bits per heavy atom. The molecule has 0 saturated heterocycles. The van der Waals surface area contributed by atoms with E-state index in [1.807, 2.05) is 6.92 Å². The number of thiazole rings is 1. The standard InChI is InChI=1S/C12H11F2N3O2S/c1-2-11-15-5-8(20-11)6-16-12-9(14)3-7(13)4-10(12)17(18)19/h3-5,16H,2,6H2,1H3. The summed E-state index contributed by atoms with van der Waals surface area (Å²) in [5, 5.41) is 14.4. The predicted molar refractivity (Wildman–Crippen MR) is 71.8 cm³/mol. The molecule has 2 aromatic rings. The van der Waals surface area contributed by atoms with Crippen LogP contribution in [0.5, 0.6) is 0 Å². The molecule has 0 fully saturated rings. The Hall–Kier alpha value is -2.09. The molecule has 1 aromatic heterocycles. The maximum absolute atomic E-state index is 13.6. The van der Waals surface area contributed by atoms with Crippen LogP contribution in [0.4, 0.5) is 20.2 Å². The topological polar surface area (TPSA) is 68.1 Å². The normalized spacial score (nSPS) is 10.6. The highest BCUT2D eigenvalue weighted by Gasteiger charge is 2.20. The summed E-state index contributed by atoms with van der Waals surface area (Å²) in [6.07, 6.45) is 2.42. The summed E-state index contributed by atoms with van der Waals surface area (Å²) in [6.45, 7) is 2.15. The SMILES string of the molecule is CCc1ncc(CNc2c(F)cc(F)cc2[N+](=O)[O-])s1. The molecule has 1 aromatic carbocycles. The number of nitro groups is 1. The molecular weight excluding hydrogens is 288 g/mol. The molecule has 0 aliphatic heterocycles. The van der Waals surface area contributed by atoms with Crippen LogP contribution in [0.15, 0.2) is 18.3 Å². The molecule has 0 bridgehead atoms. The largest absolute Gasteiger partial charge is 0.372 e. The minimum absolute atomic E-state index is 0.195. The average molecular weight is 299 g/mol. The van der Waals surface area contributed by atoms with Crippen LogP contribution < -0.4 is 5.32 Å². The highest BCUT2D eigenvalue weighted by molar-refractivity contribution is 7.11. The molecular formula is C12H11F2N3O2S. The number of halogens is 2. The summed E-state index contributed by atoms with van der Waals surface area (Å²) in [7, 11) is 0. The van der Waals surface area contributed by atoms with E-state index in [9.17, 15) is 18.9 Å². The van der Waals surface area contributed by atoms with Gasteiger partial charge in [-0.3, -0.25) is 10.1 Å². The number of aryl methyl sites for hydroxylation is 1. The van der Waals surface area contributed by atoms with Crippen molar-refractivity contribution in [3.8, 4) is 0 Å². The van der Waals surface area contributed by atoms with Crippen LogP contribution in [0.2, 0.25) is 0 Å². The van der Waals surface area contributed by atoms with Gasteiger partial charge in [0, 0.05) is 17.1 Å². The molecule has 106 valence electrons. The molecule has 0 saturated carbocycles. The molecule has 20 heavy (non-hydrogen) atoms. The minimum Gasteiger partial charge on any atom is -0.372 e. The van der Waals surface area contributed by atoms with Crippen molar-refractivity contribution >= 4 is 22.7 Å². The summed E-state index contributed by atoms with van der Waals surface area (Å²) < 4.78 is 26.6. The maximum Gasteiger partial charge on any atom is 0.298 e. The Morgan fingerprint density at radius 2 is 2.20 bits per heavy atom. The van der Waals surface area contributed by atoms with Crippen LogP contribution in [-0.2, 0) is 13.0 Å². The van der Waals surface area contributed by atoms with Crippen molar-refractivity contribution in [2.75, 3.05) is 5.32 Å².